The SMILES string of the molecule is O=C(NC1CCCC1)[C@@H]1CN[C@@H]2CCO[C@@H]2C1. The molecule has 0 aromatic heterocycles. The fourth-order valence-corrected chi connectivity index (χ4v) is 3.36. The summed E-state index contributed by atoms with van der Waals surface area (Å²) in [7, 11) is 0. The minimum absolute atomic E-state index is 0.106. The van der Waals surface area contributed by atoms with Gasteiger partial charge < -0.3 is 15.4 Å². The first-order valence-electron chi connectivity index (χ1n) is 6.98. The van der Waals surface area contributed by atoms with Crippen LogP contribution in [0, 0.1) is 5.92 Å². The Morgan fingerprint density at radius 1 is 1.24 bits per heavy atom. The van der Waals surface area contributed by atoms with Crippen molar-refractivity contribution in [3.8, 4) is 0 Å². The van der Waals surface area contributed by atoms with Crippen LogP contribution in [0.3, 0.4) is 0 Å². The van der Waals surface area contributed by atoms with Crippen LogP contribution in [0.5, 0.6) is 0 Å². The molecule has 17 heavy (non-hydrogen) atoms. The summed E-state index contributed by atoms with van der Waals surface area (Å²) in [5.74, 6) is 0.341. The van der Waals surface area contributed by atoms with Gasteiger partial charge in [-0.1, -0.05) is 12.8 Å². The fraction of sp³-hybridized carbons (Fsp3) is 0.923. The van der Waals surface area contributed by atoms with Crippen molar-refractivity contribution < 1.29 is 9.53 Å². The Hall–Kier alpha value is -0.610. The Bertz CT molecular complexity index is 289. The van der Waals surface area contributed by atoms with E-state index in [-0.39, 0.29) is 17.9 Å². The maximum absolute atomic E-state index is 12.1. The second-order valence-electron chi connectivity index (χ2n) is 5.64. The maximum Gasteiger partial charge on any atom is 0.224 e. The van der Waals surface area contributed by atoms with E-state index in [9.17, 15) is 4.79 Å². The van der Waals surface area contributed by atoms with E-state index in [4.69, 9.17) is 4.74 Å². The van der Waals surface area contributed by atoms with Gasteiger partial charge in [0.1, 0.15) is 0 Å². The monoisotopic (exact) mass is 238 g/mol. The lowest BCUT2D eigenvalue weighted by Gasteiger charge is -2.31. The van der Waals surface area contributed by atoms with Crippen molar-refractivity contribution in [2.45, 2.75) is 56.7 Å². The van der Waals surface area contributed by atoms with E-state index in [1.165, 1.54) is 12.8 Å². The van der Waals surface area contributed by atoms with Crippen LogP contribution in [0.1, 0.15) is 38.5 Å². The number of ether oxygens (including phenoxy) is 1. The van der Waals surface area contributed by atoms with Crippen molar-refractivity contribution in [3.05, 3.63) is 0 Å². The van der Waals surface area contributed by atoms with Gasteiger partial charge in [-0.2, -0.15) is 0 Å². The summed E-state index contributed by atoms with van der Waals surface area (Å²) in [6, 6.07) is 0.926. The van der Waals surface area contributed by atoms with Crippen LogP contribution >= 0.6 is 0 Å². The quantitative estimate of drug-likeness (QED) is 0.748. The highest BCUT2D eigenvalue weighted by Gasteiger charge is 2.37. The van der Waals surface area contributed by atoms with E-state index < -0.39 is 0 Å². The molecule has 0 bridgehead atoms. The molecule has 3 atom stereocenters. The molecule has 3 rings (SSSR count). The van der Waals surface area contributed by atoms with Gasteiger partial charge in [0.05, 0.1) is 12.0 Å². The first-order chi connectivity index (χ1) is 8.33. The average Bonchev–Trinajstić information content (AvgIpc) is 2.97. The van der Waals surface area contributed by atoms with Crippen LogP contribution in [-0.2, 0) is 9.53 Å². The van der Waals surface area contributed by atoms with E-state index in [1.54, 1.807) is 0 Å². The average molecular weight is 238 g/mol. The molecule has 3 aliphatic rings. The molecule has 1 amide bonds. The van der Waals surface area contributed by atoms with Crippen molar-refractivity contribution in [1.82, 2.24) is 10.6 Å². The van der Waals surface area contributed by atoms with Crippen molar-refractivity contribution in [1.29, 1.82) is 0 Å². The fourth-order valence-electron chi connectivity index (χ4n) is 3.36. The lowest BCUT2D eigenvalue weighted by Crippen LogP contribution is -2.51. The molecule has 2 N–H and O–H groups in total. The highest BCUT2D eigenvalue weighted by atomic mass is 16.5. The van der Waals surface area contributed by atoms with Gasteiger partial charge in [-0.3, -0.25) is 4.79 Å². The van der Waals surface area contributed by atoms with Gasteiger partial charge in [0.25, 0.3) is 0 Å². The predicted octanol–water partition coefficient (Wildman–Crippen LogP) is 0.812. The molecular formula is C13H22N2O2. The number of carbonyl (C=O) groups is 1. The molecule has 4 nitrogen and oxygen atoms in total. The predicted molar refractivity (Wildman–Crippen MR) is 64.7 cm³/mol. The zero-order valence-electron chi connectivity index (χ0n) is 10.3. The Kier molecular flexibility index (Phi) is 3.34. The van der Waals surface area contributed by atoms with Gasteiger partial charge in [-0.15, -0.1) is 0 Å². The van der Waals surface area contributed by atoms with Crippen LogP contribution in [0.4, 0.5) is 0 Å². The zero-order chi connectivity index (χ0) is 11.7. The van der Waals surface area contributed by atoms with E-state index >= 15 is 0 Å². The molecule has 0 unspecified atom stereocenters. The molecule has 1 aliphatic carbocycles. The molecule has 2 aliphatic heterocycles. The molecule has 2 heterocycles. The summed E-state index contributed by atoms with van der Waals surface area (Å²) in [5, 5.41) is 6.65. The summed E-state index contributed by atoms with van der Waals surface area (Å²) in [6.45, 7) is 1.67. The summed E-state index contributed by atoms with van der Waals surface area (Å²) < 4.78 is 5.66. The van der Waals surface area contributed by atoms with Gasteiger partial charge in [0.15, 0.2) is 0 Å². The number of piperidine rings is 1. The molecule has 4 heteroatoms. The maximum atomic E-state index is 12.1. The number of hydrogen-bond donors (Lipinski definition) is 2. The first kappa shape index (κ1) is 11.5. The van der Waals surface area contributed by atoms with Gasteiger partial charge >= 0.3 is 0 Å². The molecule has 0 spiro atoms. The molecule has 96 valence electrons. The topological polar surface area (TPSA) is 50.4 Å². The standard InChI is InChI=1S/C13H22N2O2/c16-13(15-10-3-1-2-4-10)9-7-12-11(14-8-9)5-6-17-12/h9-12,14H,1-8H2,(H,15,16)/t9-,11+,12+/m0/s1. The molecule has 0 aromatic rings. The largest absolute Gasteiger partial charge is 0.377 e. The third-order valence-corrected chi connectivity index (χ3v) is 4.43. The van der Waals surface area contributed by atoms with Crippen LogP contribution in [0.15, 0.2) is 0 Å². The van der Waals surface area contributed by atoms with E-state index in [1.807, 2.05) is 0 Å². The van der Waals surface area contributed by atoms with Gasteiger partial charge in [0.2, 0.25) is 5.91 Å². The molecule has 0 aromatic carbocycles. The van der Waals surface area contributed by atoms with Crippen molar-refractivity contribution in [2.24, 2.45) is 5.92 Å². The number of rotatable bonds is 2. The molecule has 1 saturated carbocycles. The highest BCUT2D eigenvalue weighted by molar-refractivity contribution is 5.79. The van der Waals surface area contributed by atoms with Crippen LogP contribution < -0.4 is 10.6 Å². The third-order valence-electron chi connectivity index (χ3n) is 4.43. The van der Waals surface area contributed by atoms with E-state index in [2.05, 4.69) is 10.6 Å². The van der Waals surface area contributed by atoms with Gasteiger partial charge in [0, 0.05) is 25.2 Å². The smallest absolute Gasteiger partial charge is 0.224 e. The number of nitrogens with one attached hydrogen (secondary N) is 2. The third kappa shape index (κ3) is 2.47. The summed E-state index contributed by atoms with van der Waals surface area (Å²) >= 11 is 0. The Morgan fingerprint density at radius 3 is 2.88 bits per heavy atom. The number of fused-ring (bicyclic) bond motifs is 1. The Labute approximate surface area is 102 Å². The lowest BCUT2D eigenvalue weighted by molar-refractivity contribution is -0.127. The van der Waals surface area contributed by atoms with Crippen LogP contribution in [-0.4, -0.2) is 37.2 Å². The number of carbonyl (C=O) groups excluding carboxylic acids is 1. The van der Waals surface area contributed by atoms with Crippen molar-refractivity contribution in [3.63, 3.8) is 0 Å². The van der Waals surface area contributed by atoms with Gasteiger partial charge in [-0.25, -0.2) is 0 Å². The number of hydrogen-bond acceptors (Lipinski definition) is 3. The van der Waals surface area contributed by atoms with Crippen LogP contribution in [0.25, 0.3) is 0 Å². The number of amides is 1. The Morgan fingerprint density at radius 2 is 2.06 bits per heavy atom. The highest BCUT2D eigenvalue weighted by Crippen LogP contribution is 2.26. The zero-order valence-corrected chi connectivity index (χ0v) is 10.3. The molecule has 3 fully saturated rings. The van der Waals surface area contributed by atoms with Gasteiger partial charge in [-0.05, 0) is 25.7 Å². The molecular weight excluding hydrogens is 216 g/mol. The van der Waals surface area contributed by atoms with Crippen molar-refractivity contribution in [2.75, 3.05) is 13.2 Å². The Balaban J connectivity index is 1.51. The summed E-state index contributed by atoms with van der Waals surface area (Å²) in [5.41, 5.74) is 0. The molecule has 2 saturated heterocycles. The minimum Gasteiger partial charge on any atom is -0.377 e. The lowest BCUT2D eigenvalue weighted by atomic mass is 9.91. The second-order valence-corrected chi connectivity index (χ2v) is 5.64. The first-order valence-corrected chi connectivity index (χ1v) is 6.98. The summed E-state index contributed by atoms with van der Waals surface area (Å²) in [4.78, 5) is 12.1. The van der Waals surface area contributed by atoms with Crippen LogP contribution in [0.2, 0.25) is 0 Å². The normalized spacial score (nSPS) is 38.0. The van der Waals surface area contributed by atoms with E-state index in [0.717, 1.165) is 38.8 Å². The molecule has 0 radical (unpaired) electrons. The minimum atomic E-state index is 0.106. The van der Waals surface area contributed by atoms with Crippen molar-refractivity contribution >= 4 is 5.91 Å². The summed E-state index contributed by atoms with van der Waals surface area (Å²) in [6.07, 6.45) is 7.12. The second kappa shape index (κ2) is 4.94. The van der Waals surface area contributed by atoms with E-state index in [0.29, 0.717) is 12.1 Å².